The Hall–Kier alpha value is -0.980. The maximum Gasteiger partial charge on any atom is 0.240 e. The highest BCUT2D eigenvalue weighted by atomic mass is 16.5. The first-order valence-electron chi connectivity index (χ1n) is 8.79. The fraction of sp³-hybridized carbons (Fsp3) is 0.882. The van der Waals surface area contributed by atoms with Gasteiger partial charge in [0.15, 0.2) is 5.82 Å². The monoisotopic (exact) mass is 323 g/mol. The Bertz CT molecular complexity index is 468. The van der Waals surface area contributed by atoms with Crippen LogP contribution >= 0.6 is 0 Å². The zero-order valence-corrected chi connectivity index (χ0v) is 14.6. The van der Waals surface area contributed by atoms with E-state index in [1.54, 1.807) is 0 Å². The van der Waals surface area contributed by atoms with Crippen LogP contribution in [-0.2, 0) is 21.4 Å². The summed E-state index contributed by atoms with van der Waals surface area (Å²) in [7, 11) is 0. The first-order chi connectivity index (χ1) is 11.0. The van der Waals surface area contributed by atoms with Crippen molar-refractivity contribution in [1.29, 1.82) is 0 Å². The molecule has 2 atom stereocenters. The summed E-state index contributed by atoms with van der Waals surface area (Å²) in [6, 6.07) is 0. The molecule has 2 saturated heterocycles. The number of nitrogens with zero attached hydrogens (tertiary/aromatic N) is 3. The summed E-state index contributed by atoms with van der Waals surface area (Å²) in [4.78, 5) is 6.92. The van der Waals surface area contributed by atoms with Gasteiger partial charge in [-0.3, -0.25) is 4.90 Å². The summed E-state index contributed by atoms with van der Waals surface area (Å²) >= 11 is 0. The van der Waals surface area contributed by atoms with Crippen molar-refractivity contribution in [2.45, 2.75) is 70.6 Å². The third-order valence-electron chi connectivity index (χ3n) is 4.47. The predicted octanol–water partition coefficient (Wildman–Crippen LogP) is 2.53. The molecule has 0 bridgehead atoms. The second kappa shape index (κ2) is 7.28. The minimum absolute atomic E-state index is 0.0876. The Morgan fingerprint density at radius 1 is 1.04 bits per heavy atom. The zero-order chi connectivity index (χ0) is 16.3. The molecule has 2 aliphatic rings. The van der Waals surface area contributed by atoms with E-state index >= 15 is 0 Å². The van der Waals surface area contributed by atoms with E-state index < -0.39 is 0 Å². The molecule has 23 heavy (non-hydrogen) atoms. The number of hydrogen-bond donors (Lipinski definition) is 0. The van der Waals surface area contributed by atoms with Crippen molar-refractivity contribution < 1.29 is 14.0 Å². The normalized spacial score (nSPS) is 25.6. The summed E-state index contributed by atoms with van der Waals surface area (Å²) in [6.45, 7) is 10.5. The Morgan fingerprint density at radius 2 is 1.65 bits per heavy atom. The van der Waals surface area contributed by atoms with Gasteiger partial charge in [0.1, 0.15) is 0 Å². The highest BCUT2D eigenvalue weighted by molar-refractivity contribution is 5.00. The molecule has 0 radical (unpaired) electrons. The largest absolute Gasteiger partial charge is 0.377 e. The van der Waals surface area contributed by atoms with E-state index in [1.807, 2.05) is 0 Å². The standard InChI is InChI=1S/C17H29N3O3/c1-17(2,3)16-18-15(23-19-16)12-20(10-13-6-4-8-21-13)11-14-7-5-9-22-14/h13-14H,4-12H2,1-3H3/t13-,14+. The molecule has 0 N–H and O–H groups in total. The molecule has 0 aliphatic carbocycles. The molecule has 1 aromatic rings. The molecule has 2 fully saturated rings. The Kier molecular flexibility index (Phi) is 5.34. The van der Waals surface area contributed by atoms with Crippen molar-refractivity contribution in [3.05, 3.63) is 11.7 Å². The number of hydrogen-bond acceptors (Lipinski definition) is 6. The van der Waals surface area contributed by atoms with E-state index in [0.29, 0.717) is 24.6 Å². The maximum atomic E-state index is 5.80. The van der Waals surface area contributed by atoms with Crippen LogP contribution in [-0.4, -0.2) is 53.6 Å². The third-order valence-corrected chi connectivity index (χ3v) is 4.47. The van der Waals surface area contributed by atoms with Gasteiger partial charge in [-0.25, -0.2) is 0 Å². The van der Waals surface area contributed by atoms with E-state index in [1.165, 1.54) is 0 Å². The molecule has 3 rings (SSSR count). The van der Waals surface area contributed by atoms with E-state index in [-0.39, 0.29) is 5.41 Å². The zero-order valence-electron chi connectivity index (χ0n) is 14.6. The topological polar surface area (TPSA) is 60.6 Å². The first-order valence-corrected chi connectivity index (χ1v) is 8.79. The van der Waals surface area contributed by atoms with E-state index in [9.17, 15) is 0 Å². The number of rotatable bonds is 6. The second-order valence-electron chi connectivity index (χ2n) is 7.73. The van der Waals surface area contributed by atoms with Gasteiger partial charge >= 0.3 is 0 Å². The highest BCUT2D eigenvalue weighted by Gasteiger charge is 2.26. The maximum absolute atomic E-state index is 5.80. The fourth-order valence-corrected chi connectivity index (χ4v) is 3.17. The summed E-state index contributed by atoms with van der Waals surface area (Å²) in [5.41, 5.74) is -0.0876. The lowest BCUT2D eigenvalue weighted by atomic mass is 9.96. The Morgan fingerprint density at radius 3 is 2.09 bits per heavy atom. The van der Waals surface area contributed by atoms with Crippen LogP contribution in [0.25, 0.3) is 0 Å². The molecule has 0 unspecified atom stereocenters. The molecule has 6 nitrogen and oxygen atoms in total. The number of aromatic nitrogens is 2. The van der Waals surface area contributed by atoms with Crippen LogP contribution in [0.4, 0.5) is 0 Å². The van der Waals surface area contributed by atoms with Crippen molar-refractivity contribution in [3.8, 4) is 0 Å². The SMILES string of the molecule is CC(C)(C)c1noc(CN(C[C@H]2CCCO2)C[C@@H]2CCCO2)n1. The highest BCUT2D eigenvalue weighted by Crippen LogP contribution is 2.21. The van der Waals surface area contributed by atoms with Gasteiger partial charge in [-0.15, -0.1) is 0 Å². The summed E-state index contributed by atoms with van der Waals surface area (Å²) in [6.07, 6.45) is 5.24. The molecule has 0 spiro atoms. The van der Waals surface area contributed by atoms with Crippen molar-refractivity contribution in [3.63, 3.8) is 0 Å². The van der Waals surface area contributed by atoms with Crippen molar-refractivity contribution in [2.75, 3.05) is 26.3 Å². The van der Waals surface area contributed by atoms with Gasteiger partial charge in [0, 0.05) is 31.7 Å². The first kappa shape index (κ1) is 16.9. The van der Waals surface area contributed by atoms with E-state index in [4.69, 9.17) is 14.0 Å². The quantitative estimate of drug-likeness (QED) is 0.802. The third kappa shape index (κ3) is 4.75. The average Bonchev–Trinajstić information content (AvgIpc) is 3.18. The minimum atomic E-state index is -0.0876. The van der Waals surface area contributed by atoms with Gasteiger partial charge in [-0.2, -0.15) is 4.98 Å². The van der Waals surface area contributed by atoms with Crippen LogP contribution < -0.4 is 0 Å². The van der Waals surface area contributed by atoms with Gasteiger partial charge in [0.2, 0.25) is 5.89 Å². The minimum Gasteiger partial charge on any atom is -0.377 e. The van der Waals surface area contributed by atoms with Crippen LogP contribution in [0, 0.1) is 0 Å². The van der Waals surface area contributed by atoms with Crippen LogP contribution in [0.15, 0.2) is 4.52 Å². The molecule has 1 aromatic heterocycles. The lowest BCUT2D eigenvalue weighted by Crippen LogP contribution is -2.37. The van der Waals surface area contributed by atoms with Gasteiger partial charge < -0.3 is 14.0 Å². The van der Waals surface area contributed by atoms with Crippen molar-refractivity contribution >= 4 is 0 Å². The molecular weight excluding hydrogens is 294 g/mol. The number of ether oxygens (including phenoxy) is 2. The average molecular weight is 323 g/mol. The van der Waals surface area contributed by atoms with Gasteiger partial charge in [-0.05, 0) is 25.7 Å². The van der Waals surface area contributed by atoms with E-state index in [2.05, 4.69) is 35.8 Å². The summed E-state index contributed by atoms with van der Waals surface area (Å²) < 4.78 is 17.1. The van der Waals surface area contributed by atoms with Crippen LogP contribution in [0.2, 0.25) is 0 Å². The van der Waals surface area contributed by atoms with Crippen LogP contribution in [0.3, 0.4) is 0 Å². The summed E-state index contributed by atoms with van der Waals surface area (Å²) in [5.74, 6) is 1.45. The Balaban J connectivity index is 1.62. The second-order valence-corrected chi connectivity index (χ2v) is 7.73. The molecule has 0 aromatic carbocycles. The van der Waals surface area contributed by atoms with Gasteiger partial charge in [0.25, 0.3) is 0 Å². The molecule has 130 valence electrons. The molecule has 2 aliphatic heterocycles. The van der Waals surface area contributed by atoms with Crippen LogP contribution in [0.1, 0.15) is 58.2 Å². The molecule has 3 heterocycles. The molecular formula is C17H29N3O3. The van der Waals surface area contributed by atoms with E-state index in [0.717, 1.165) is 57.8 Å². The smallest absolute Gasteiger partial charge is 0.240 e. The summed E-state index contributed by atoms with van der Waals surface area (Å²) in [5, 5.41) is 4.13. The lowest BCUT2D eigenvalue weighted by molar-refractivity contribution is 0.0309. The lowest BCUT2D eigenvalue weighted by Gasteiger charge is -2.26. The van der Waals surface area contributed by atoms with Crippen molar-refractivity contribution in [2.24, 2.45) is 0 Å². The molecule has 6 heteroatoms. The van der Waals surface area contributed by atoms with Gasteiger partial charge in [-0.1, -0.05) is 25.9 Å². The van der Waals surface area contributed by atoms with Crippen LogP contribution in [0.5, 0.6) is 0 Å². The molecule has 0 saturated carbocycles. The predicted molar refractivity (Wildman–Crippen MR) is 86.2 cm³/mol. The van der Waals surface area contributed by atoms with Gasteiger partial charge in [0.05, 0.1) is 18.8 Å². The fourth-order valence-electron chi connectivity index (χ4n) is 3.17. The van der Waals surface area contributed by atoms with Crippen molar-refractivity contribution in [1.82, 2.24) is 15.0 Å². The molecule has 0 amide bonds. The Labute approximate surface area is 138 Å².